The van der Waals surface area contributed by atoms with Crippen molar-refractivity contribution in [3.63, 3.8) is 0 Å². The van der Waals surface area contributed by atoms with Crippen molar-refractivity contribution in [2.75, 3.05) is 11.9 Å². The van der Waals surface area contributed by atoms with Crippen LogP contribution in [0, 0.1) is 12.3 Å². The molecule has 154 valence electrons. The summed E-state index contributed by atoms with van der Waals surface area (Å²) < 4.78 is 1.85. The number of unbranched alkanes of at least 4 members (excludes halogenated alkanes) is 1. The molecule has 2 aromatic rings. The summed E-state index contributed by atoms with van der Waals surface area (Å²) in [6, 6.07) is 5.15. The average molecular weight is 404 g/mol. The second kappa shape index (κ2) is 8.54. The number of aryl methyl sites for hydroxylation is 1. The van der Waals surface area contributed by atoms with E-state index >= 15 is 0 Å². The summed E-state index contributed by atoms with van der Waals surface area (Å²) in [5, 5.41) is 7.65. The van der Waals surface area contributed by atoms with Crippen LogP contribution in [0.1, 0.15) is 53.6 Å². The van der Waals surface area contributed by atoms with E-state index in [1.54, 1.807) is 11.1 Å². The molecule has 1 fully saturated rings. The van der Waals surface area contributed by atoms with Crippen molar-refractivity contribution in [3.8, 4) is 12.3 Å². The van der Waals surface area contributed by atoms with Gasteiger partial charge in [0.25, 0.3) is 5.91 Å². The molecule has 7 heteroatoms. The van der Waals surface area contributed by atoms with Crippen molar-refractivity contribution in [1.82, 2.24) is 14.7 Å². The van der Waals surface area contributed by atoms with E-state index in [0.29, 0.717) is 24.9 Å². The van der Waals surface area contributed by atoms with Crippen LogP contribution < -0.4 is 5.32 Å². The van der Waals surface area contributed by atoms with Gasteiger partial charge >= 0.3 is 0 Å². The molecule has 0 radical (unpaired) electrons. The molecule has 2 aliphatic rings. The van der Waals surface area contributed by atoms with Crippen LogP contribution >= 0.6 is 0 Å². The maximum Gasteiger partial charge on any atom is 0.255 e. The molecule has 1 aliphatic carbocycles. The molecule has 30 heavy (non-hydrogen) atoms. The van der Waals surface area contributed by atoms with E-state index in [-0.39, 0.29) is 23.9 Å². The Balaban J connectivity index is 1.34. The molecule has 7 nitrogen and oxygen atoms in total. The Morgan fingerprint density at radius 1 is 1.23 bits per heavy atom. The number of terminal acetylenes is 1. The summed E-state index contributed by atoms with van der Waals surface area (Å²) in [5.74, 6) is 2.27. The van der Waals surface area contributed by atoms with Gasteiger partial charge in [-0.2, -0.15) is 5.10 Å². The molecule has 0 bridgehead atoms. The third kappa shape index (κ3) is 3.99. The van der Waals surface area contributed by atoms with Crippen LogP contribution in [0.25, 0.3) is 0 Å². The second-order valence-corrected chi connectivity index (χ2v) is 7.77. The third-order valence-electron chi connectivity index (χ3n) is 5.74. The van der Waals surface area contributed by atoms with Crippen LogP contribution in [0.3, 0.4) is 0 Å². The summed E-state index contributed by atoms with van der Waals surface area (Å²) in [7, 11) is 0. The molecule has 1 atom stereocenters. The molecule has 4 rings (SSSR count). The molecule has 1 unspecified atom stereocenters. The lowest BCUT2D eigenvalue weighted by Crippen LogP contribution is -2.44. The van der Waals surface area contributed by atoms with Gasteiger partial charge in [-0.05, 0) is 31.4 Å². The molecule has 2 heterocycles. The van der Waals surface area contributed by atoms with Gasteiger partial charge in [-0.15, -0.1) is 6.42 Å². The van der Waals surface area contributed by atoms with Crippen molar-refractivity contribution in [2.24, 2.45) is 0 Å². The van der Waals surface area contributed by atoms with Crippen molar-refractivity contribution in [3.05, 3.63) is 47.3 Å². The predicted octanol–water partition coefficient (Wildman–Crippen LogP) is 2.40. The number of nitrogens with one attached hydrogen (secondary N) is 1. The number of aromatic nitrogens is 2. The van der Waals surface area contributed by atoms with Gasteiger partial charge < -0.3 is 10.2 Å². The first kappa shape index (κ1) is 19.9. The maximum absolute atomic E-state index is 12.9. The summed E-state index contributed by atoms with van der Waals surface area (Å²) in [6.45, 7) is 1.97. The van der Waals surface area contributed by atoms with Crippen LogP contribution in [0.2, 0.25) is 0 Å². The Morgan fingerprint density at radius 2 is 2.10 bits per heavy atom. The number of hydrogen-bond donors (Lipinski definition) is 1. The molecule has 1 amide bonds. The largest absolute Gasteiger partial charge is 0.385 e. The first-order valence-electron chi connectivity index (χ1n) is 10.3. The minimum absolute atomic E-state index is 0.0339. The van der Waals surface area contributed by atoms with Gasteiger partial charge in [-0.25, -0.2) is 0 Å². The van der Waals surface area contributed by atoms with E-state index in [2.05, 4.69) is 16.3 Å². The highest BCUT2D eigenvalue weighted by atomic mass is 16.2. The van der Waals surface area contributed by atoms with Crippen LogP contribution in [-0.2, 0) is 22.7 Å². The van der Waals surface area contributed by atoms with Crippen molar-refractivity contribution in [1.29, 1.82) is 0 Å². The third-order valence-corrected chi connectivity index (χ3v) is 5.74. The summed E-state index contributed by atoms with van der Waals surface area (Å²) in [5.41, 5.74) is 3.28. The highest BCUT2D eigenvalue weighted by molar-refractivity contribution is 6.08. The number of nitrogens with zero attached hydrogens (tertiary/aromatic N) is 3. The lowest BCUT2D eigenvalue weighted by molar-refractivity contribution is -0.133. The van der Waals surface area contributed by atoms with Gasteiger partial charge in [-0.1, -0.05) is 12.0 Å². The highest BCUT2D eigenvalue weighted by Gasteiger charge is 2.39. The smallest absolute Gasteiger partial charge is 0.255 e. The molecule has 1 aromatic heterocycles. The Bertz CT molecular complexity index is 1030. The summed E-state index contributed by atoms with van der Waals surface area (Å²) in [4.78, 5) is 38.3. The van der Waals surface area contributed by atoms with Gasteiger partial charge in [0, 0.05) is 49.1 Å². The van der Waals surface area contributed by atoms with E-state index < -0.39 is 6.04 Å². The Morgan fingerprint density at radius 3 is 2.87 bits per heavy atom. The van der Waals surface area contributed by atoms with E-state index in [1.165, 1.54) is 0 Å². The minimum atomic E-state index is -0.488. The standard InChI is InChI=1S/C23H24N4O3/c1-2-16-13-25-26(14-16)11-4-3-10-24-20-7-5-6-18-19(20)15-27(23(18)30)21-9-8-17(28)12-22(21)29/h1,5-7,13-14,21,24H,3-4,8-12,15H2. The van der Waals surface area contributed by atoms with E-state index in [0.717, 1.165) is 42.7 Å². The number of anilines is 1. The topological polar surface area (TPSA) is 84.3 Å². The molecule has 0 saturated heterocycles. The maximum atomic E-state index is 12.9. The molecular weight excluding hydrogens is 380 g/mol. The minimum Gasteiger partial charge on any atom is -0.385 e. The van der Waals surface area contributed by atoms with Crippen molar-refractivity contribution >= 4 is 23.2 Å². The number of amides is 1. The number of ketones is 2. The SMILES string of the molecule is C#Cc1cnn(CCCCNc2cccc3c2CN(C2CCC(=O)CC2=O)C3=O)c1. The zero-order chi connectivity index (χ0) is 21.1. The van der Waals surface area contributed by atoms with Gasteiger partial charge in [-0.3, -0.25) is 19.1 Å². The fourth-order valence-corrected chi connectivity index (χ4v) is 4.14. The number of hydrogen-bond acceptors (Lipinski definition) is 5. The average Bonchev–Trinajstić information content (AvgIpc) is 3.33. The number of Topliss-reactive ketones (excluding diaryl/α,β-unsaturated/α-hetero) is 2. The van der Waals surface area contributed by atoms with Gasteiger partial charge in [0.2, 0.25) is 0 Å². The van der Waals surface area contributed by atoms with Crippen LogP contribution in [0.4, 0.5) is 5.69 Å². The fourth-order valence-electron chi connectivity index (χ4n) is 4.14. The zero-order valence-corrected chi connectivity index (χ0v) is 16.8. The quantitative estimate of drug-likeness (QED) is 0.435. The summed E-state index contributed by atoms with van der Waals surface area (Å²) >= 11 is 0. The van der Waals surface area contributed by atoms with Gasteiger partial charge in [0.15, 0.2) is 5.78 Å². The first-order valence-corrected chi connectivity index (χ1v) is 10.3. The molecule has 1 aromatic carbocycles. The van der Waals surface area contributed by atoms with Gasteiger partial charge in [0.1, 0.15) is 5.78 Å². The molecule has 1 N–H and O–H groups in total. The van der Waals surface area contributed by atoms with Crippen LogP contribution in [-0.4, -0.2) is 44.7 Å². The van der Waals surface area contributed by atoms with Gasteiger partial charge in [0.05, 0.1) is 24.2 Å². The Labute approximate surface area is 175 Å². The normalized spacial score (nSPS) is 18.4. The number of rotatable bonds is 7. The summed E-state index contributed by atoms with van der Waals surface area (Å²) in [6.07, 6.45) is 11.5. The number of carbonyl (C=O) groups excluding carboxylic acids is 3. The Hall–Kier alpha value is -3.40. The van der Waals surface area contributed by atoms with Crippen LogP contribution in [0.5, 0.6) is 0 Å². The van der Waals surface area contributed by atoms with E-state index in [1.807, 2.05) is 29.1 Å². The van der Waals surface area contributed by atoms with E-state index in [9.17, 15) is 14.4 Å². The molecular formula is C23H24N4O3. The van der Waals surface area contributed by atoms with E-state index in [4.69, 9.17) is 6.42 Å². The van der Waals surface area contributed by atoms with Crippen molar-refractivity contribution < 1.29 is 14.4 Å². The number of fused-ring (bicyclic) bond motifs is 1. The number of benzene rings is 1. The number of carbonyl (C=O) groups is 3. The lowest BCUT2D eigenvalue weighted by Gasteiger charge is -2.29. The molecule has 0 spiro atoms. The molecule has 1 aliphatic heterocycles. The van der Waals surface area contributed by atoms with Crippen LogP contribution in [0.15, 0.2) is 30.6 Å². The van der Waals surface area contributed by atoms with Crippen molar-refractivity contribution in [2.45, 2.75) is 51.2 Å². The second-order valence-electron chi connectivity index (χ2n) is 7.77. The molecule has 1 saturated carbocycles. The highest BCUT2D eigenvalue weighted by Crippen LogP contribution is 2.33. The first-order chi connectivity index (χ1) is 14.6. The monoisotopic (exact) mass is 404 g/mol. The zero-order valence-electron chi connectivity index (χ0n) is 16.8. The lowest BCUT2D eigenvalue weighted by atomic mass is 9.92. The predicted molar refractivity (Wildman–Crippen MR) is 112 cm³/mol. The fraction of sp³-hybridized carbons (Fsp3) is 0.391. The Kier molecular flexibility index (Phi) is 5.66.